The molecule has 2 aliphatic heterocycles. The van der Waals surface area contributed by atoms with Crippen molar-refractivity contribution in [1.29, 1.82) is 0 Å². The summed E-state index contributed by atoms with van der Waals surface area (Å²) in [5, 5.41) is 3.08. The number of rotatable bonds is 9. The van der Waals surface area contributed by atoms with Crippen LogP contribution in [0.5, 0.6) is 0 Å². The second-order valence-electron chi connectivity index (χ2n) is 6.86. The zero-order valence-electron chi connectivity index (χ0n) is 15.5. The Morgan fingerprint density at radius 3 is 2.85 bits per heavy atom. The largest absolute Gasteiger partial charge is 0.379 e. The molecule has 1 aromatic carbocycles. The van der Waals surface area contributed by atoms with Crippen LogP contribution in [0, 0.1) is 0 Å². The Labute approximate surface area is 160 Å². The SMILES string of the molecule is O=C(NCCCCN1CCOCC1)c1ccccc1SCC1CCCO1. The molecule has 1 unspecified atom stereocenters. The zero-order valence-corrected chi connectivity index (χ0v) is 16.3. The number of ether oxygens (including phenoxy) is 2. The van der Waals surface area contributed by atoms with Crippen molar-refractivity contribution >= 4 is 17.7 Å². The summed E-state index contributed by atoms with van der Waals surface area (Å²) in [5.74, 6) is 0.955. The van der Waals surface area contributed by atoms with Crippen LogP contribution in [0.4, 0.5) is 0 Å². The smallest absolute Gasteiger partial charge is 0.252 e. The van der Waals surface area contributed by atoms with E-state index in [1.807, 2.05) is 24.3 Å². The van der Waals surface area contributed by atoms with Gasteiger partial charge in [-0.2, -0.15) is 0 Å². The van der Waals surface area contributed by atoms with Crippen LogP contribution in [-0.4, -0.2) is 68.7 Å². The van der Waals surface area contributed by atoms with E-state index >= 15 is 0 Å². The standard InChI is InChI=1S/C20H30N2O3S/c23-20(21-9-3-4-10-22-11-14-24-15-12-22)18-7-1-2-8-19(18)26-16-17-6-5-13-25-17/h1-2,7-8,17H,3-6,9-16H2,(H,21,23). The third-order valence-electron chi connectivity index (χ3n) is 4.87. The van der Waals surface area contributed by atoms with E-state index in [0.717, 1.165) is 87.9 Å². The first kappa shape index (κ1) is 19.7. The molecule has 0 spiro atoms. The van der Waals surface area contributed by atoms with E-state index < -0.39 is 0 Å². The molecule has 0 bridgehead atoms. The Morgan fingerprint density at radius 2 is 2.04 bits per heavy atom. The third-order valence-corrected chi connectivity index (χ3v) is 6.08. The van der Waals surface area contributed by atoms with Gasteiger partial charge in [0.1, 0.15) is 0 Å². The lowest BCUT2D eigenvalue weighted by molar-refractivity contribution is 0.0372. The number of carbonyl (C=O) groups is 1. The van der Waals surface area contributed by atoms with E-state index in [4.69, 9.17) is 9.47 Å². The van der Waals surface area contributed by atoms with Gasteiger partial charge in [0.2, 0.25) is 0 Å². The molecule has 26 heavy (non-hydrogen) atoms. The molecule has 1 atom stereocenters. The number of morpholine rings is 1. The van der Waals surface area contributed by atoms with Crippen molar-refractivity contribution in [2.24, 2.45) is 0 Å². The molecule has 6 heteroatoms. The maximum Gasteiger partial charge on any atom is 0.252 e. The van der Waals surface area contributed by atoms with Crippen LogP contribution in [0.2, 0.25) is 0 Å². The third kappa shape index (κ3) is 6.27. The molecule has 144 valence electrons. The average molecular weight is 379 g/mol. The van der Waals surface area contributed by atoms with Crippen molar-refractivity contribution in [2.75, 3.05) is 51.8 Å². The lowest BCUT2D eigenvalue weighted by Crippen LogP contribution is -2.37. The number of unbranched alkanes of at least 4 members (excludes halogenated alkanes) is 1. The fourth-order valence-corrected chi connectivity index (χ4v) is 4.44. The number of thioether (sulfide) groups is 1. The van der Waals surface area contributed by atoms with Gasteiger partial charge in [0.15, 0.2) is 0 Å². The highest BCUT2D eigenvalue weighted by molar-refractivity contribution is 7.99. The van der Waals surface area contributed by atoms with Crippen LogP contribution < -0.4 is 5.32 Å². The first-order valence-corrected chi connectivity index (χ1v) is 10.7. The lowest BCUT2D eigenvalue weighted by Gasteiger charge is -2.26. The number of benzene rings is 1. The van der Waals surface area contributed by atoms with E-state index in [-0.39, 0.29) is 5.91 Å². The Kier molecular flexibility index (Phi) is 8.26. The van der Waals surface area contributed by atoms with Gasteiger partial charge in [-0.25, -0.2) is 0 Å². The predicted octanol–water partition coefficient (Wildman–Crippen LogP) is 2.80. The van der Waals surface area contributed by atoms with Gasteiger partial charge in [-0.1, -0.05) is 12.1 Å². The summed E-state index contributed by atoms with van der Waals surface area (Å²) in [5.41, 5.74) is 0.781. The fraction of sp³-hybridized carbons (Fsp3) is 0.650. The van der Waals surface area contributed by atoms with Crippen molar-refractivity contribution in [2.45, 2.75) is 36.7 Å². The molecule has 5 nitrogen and oxygen atoms in total. The van der Waals surface area contributed by atoms with E-state index in [0.29, 0.717) is 6.10 Å². The highest BCUT2D eigenvalue weighted by atomic mass is 32.2. The summed E-state index contributed by atoms with van der Waals surface area (Å²) in [6.45, 7) is 6.44. The fourth-order valence-electron chi connectivity index (χ4n) is 3.32. The van der Waals surface area contributed by atoms with Crippen molar-refractivity contribution in [3.63, 3.8) is 0 Å². The van der Waals surface area contributed by atoms with Gasteiger partial charge in [-0.15, -0.1) is 11.8 Å². The van der Waals surface area contributed by atoms with Gasteiger partial charge in [-0.3, -0.25) is 9.69 Å². The molecule has 1 aromatic rings. The molecule has 0 aliphatic carbocycles. The summed E-state index contributed by atoms with van der Waals surface area (Å²) in [7, 11) is 0. The lowest BCUT2D eigenvalue weighted by atomic mass is 10.2. The number of nitrogens with one attached hydrogen (secondary N) is 1. The first-order chi connectivity index (χ1) is 12.8. The molecular weight excluding hydrogens is 348 g/mol. The zero-order chi connectivity index (χ0) is 18.0. The van der Waals surface area contributed by atoms with Gasteiger partial charge >= 0.3 is 0 Å². The second-order valence-corrected chi connectivity index (χ2v) is 7.92. The minimum absolute atomic E-state index is 0.0341. The number of amides is 1. The summed E-state index contributed by atoms with van der Waals surface area (Å²) in [6.07, 6.45) is 4.73. The summed E-state index contributed by atoms with van der Waals surface area (Å²) in [4.78, 5) is 16.0. The average Bonchev–Trinajstić information content (AvgIpc) is 3.20. The number of hydrogen-bond acceptors (Lipinski definition) is 5. The molecule has 3 rings (SSSR count). The number of hydrogen-bond donors (Lipinski definition) is 1. The van der Waals surface area contributed by atoms with Crippen LogP contribution in [0.25, 0.3) is 0 Å². The quantitative estimate of drug-likeness (QED) is 0.529. The van der Waals surface area contributed by atoms with Gasteiger partial charge in [-0.05, 0) is 44.4 Å². The molecule has 1 amide bonds. The summed E-state index contributed by atoms with van der Waals surface area (Å²) in [6, 6.07) is 7.88. The van der Waals surface area contributed by atoms with Gasteiger partial charge in [0.25, 0.3) is 5.91 Å². The highest BCUT2D eigenvalue weighted by Crippen LogP contribution is 2.26. The van der Waals surface area contributed by atoms with Crippen LogP contribution in [-0.2, 0) is 9.47 Å². The van der Waals surface area contributed by atoms with Crippen molar-refractivity contribution in [3.05, 3.63) is 29.8 Å². The topological polar surface area (TPSA) is 50.8 Å². The number of nitrogens with zero attached hydrogens (tertiary/aromatic N) is 1. The molecule has 0 saturated carbocycles. The Bertz CT molecular complexity index is 558. The van der Waals surface area contributed by atoms with Gasteiger partial charge in [0.05, 0.1) is 24.9 Å². The minimum Gasteiger partial charge on any atom is -0.379 e. The van der Waals surface area contributed by atoms with Crippen molar-refractivity contribution < 1.29 is 14.3 Å². The molecule has 0 radical (unpaired) electrons. The Morgan fingerprint density at radius 1 is 1.19 bits per heavy atom. The van der Waals surface area contributed by atoms with Crippen LogP contribution in [0.15, 0.2) is 29.2 Å². The molecule has 2 heterocycles. The van der Waals surface area contributed by atoms with Gasteiger partial charge in [0, 0.05) is 36.9 Å². The van der Waals surface area contributed by atoms with Gasteiger partial charge < -0.3 is 14.8 Å². The summed E-state index contributed by atoms with van der Waals surface area (Å²) < 4.78 is 11.0. The number of carbonyl (C=O) groups excluding carboxylic acids is 1. The van der Waals surface area contributed by atoms with Crippen LogP contribution >= 0.6 is 11.8 Å². The van der Waals surface area contributed by atoms with Crippen molar-refractivity contribution in [3.8, 4) is 0 Å². The molecular formula is C20H30N2O3S. The molecule has 0 aromatic heterocycles. The highest BCUT2D eigenvalue weighted by Gasteiger charge is 2.17. The second kappa shape index (κ2) is 10.9. The van der Waals surface area contributed by atoms with E-state index in [1.54, 1.807) is 11.8 Å². The molecule has 2 saturated heterocycles. The predicted molar refractivity (Wildman–Crippen MR) is 105 cm³/mol. The Hall–Kier alpha value is -1.08. The molecule has 1 N–H and O–H groups in total. The monoisotopic (exact) mass is 378 g/mol. The molecule has 2 fully saturated rings. The van der Waals surface area contributed by atoms with E-state index in [9.17, 15) is 4.79 Å². The Balaban J connectivity index is 1.38. The minimum atomic E-state index is 0.0341. The summed E-state index contributed by atoms with van der Waals surface area (Å²) >= 11 is 1.73. The van der Waals surface area contributed by atoms with Crippen LogP contribution in [0.1, 0.15) is 36.0 Å². The van der Waals surface area contributed by atoms with Crippen molar-refractivity contribution in [1.82, 2.24) is 10.2 Å². The normalized spacial score (nSPS) is 21.0. The maximum absolute atomic E-state index is 12.5. The first-order valence-electron chi connectivity index (χ1n) is 9.74. The van der Waals surface area contributed by atoms with E-state index in [1.165, 1.54) is 0 Å². The maximum atomic E-state index is 12.5. The molecule has 2 aliphatic rings. The van der Waals surface area contributed by atoms with E-state index in [2.05, 4.69) is 10.2 Å². The van der Waals surface area contributed by atoms with Crippen LogP contribution in [0.3, 0.4) is 0 Å².